The molecule has 18 heavy (non-hydrogen) atoms. The van der Waals surface area contributed by atoms with Crippen LogP contribution in [0.2, 0.25) is 0 Å². The van der Waals surface area contributed by atoms with Crippen LogP contribution in [0.3, 0.4) is 0 Å². The van der Waals surface area contributed by atoms with Crippen molar-refractivity contribution in [2.75, 3.05) is 5.32 Å². The molecule has 0 saturated heterocycles. The van der Waals surface area contributed by atoms with Crippen LogP contribution in [0.5, 0.6) is 0 Å². The highest BCUT2D eigenvalue weighted by atomic mass is 19.4. The summed E-state index contributed by atoms with van der Waals surface area (Å²) in [6.07, 6.45) is -4.68. The number of hydrogen-bond donors (Lipinski definition) is 2. The molecule has 0 amide bonds. The molecule has 0 radical (unpaired) electrons. The first kappa shape index (κ1) is 12.7. The van der Waals surface area contributed by atoms with Gasteiger partial charge in [-0.2, -0.15) is 13.2 Å². The second kappa shape index (κ2) is 4.19. The highest BCUT2D eigenvalue weighted by Crippen LogP contribution is 2.37. The zero-order valence-corrected chi connectivity index (χ0v) is 9.58. The molecule has 2 atom stereocenters. The summed E-state index contributed by atoms with van der Waals surface area (Å²) in [5.41, 5.74) is 1.81. The first-order valence-electron chi connectivity index (χ1n) is 5.45. The average Bonchev–Trinajstić information content (AvgIpc) is 2.26. The lowest BCUT2D eigenvalue weighted by Gasteiger charge is -2.34. The lowest BCUT2D eigenvalue weighted by Crippen LogP contribution is -2.49. The quantitative estimate of drug-likeness (QED) is 0.815. The Morgan fingerprint density at radius 1 is 1.44 bits per heavy atom. The minimum absolute atomic E-state index is 0.103. The van der Waals surface area contributed by atoms with E-state index < -0.39 is 24.1 Å². The number of nitrogens with one attached hydrogen (secondary N) is 1. The number of rotatable bonds is 1. The van der Waals surface area contributed by atoms with Gasteiger partial charge in [0.15, 0.2) is 0 Å². The van der Waals surface area contributed by atoms with Gasteiger partial charge < -0.3 is 10.4 Å². The van der Waals surface area contributed by atoms with Gasteiger partial charge in [0, 0.05) is 5.69 Å². The van der Waals surface area contributed by atoms with Gasteiger partial charge in [-0.05, 0) is 30.5 Å². The molecule has 1 aromatic rings. The fraction of sp³-hybridized carbons (Fsp3) is 0.417. The zero-order valence-electron chi connectivity index (χ0n) is 9.58. The predicted octanol–water partition coefficient (Wildman–Crippen LogP) is 2.59. The Labute approximate surface area is 102 Å². The minimum atomic E-state index is -4.58. The van der Waals surface area contributed by atoms with Crippen molar-refractivity contribution < 1.29 is 23.1 Å². The zero-order chi connectivity index (χ0) is 13.5. The molecular formula is C12H12F3NO2. The first-order valence-corrected chi connectivity index (χ1v) is 5.45. The summed E-state index contributed by atoms with van der Waals surface area (Å²) in [4.78, 5) is 11.0. The molecule has 2 rings (SSSR count). The van der Waals surface area contributed by atoms with Crippen LogP contribution in [0.1, 0.15) is 11.1 Å². The van der Waals surface area contributed by atoms with Crippen molar-refractivity contribution in [2.45, 2.75) is 25.6 Å². The van der Waals surface area contributed by atoms with Crippen molar-refractivity contribution in [3.05, 3.63) is 29.3 Å². The molecule has 2 unspecified atom stereocenters. The van der Waals surface area contributed by atoms with Crippen LogP contribution >= 0.6 is 0 Å². The number of alkyl halides is 3. The molecule has 0 fully saturated rings. The SMILES string of the molecule is Cc1cccc2c1CC(C(=O)O)C(C(F)(F)F)N2. The van der Waals surface area contributed by atoms with Crippen molar-refractivity contribution in [1.29, 1.82) is 0 Å². The summed E-state index contributed by atoms with van der Waals surface area (Å²) in [7, 11) is 0. The summed E-state index contributed by atoms with van der Waals surface area (Å²) >= 11 is 0. The van der Waals surface area contributed by atoms with Crippen LogP contribution in [0, 0.1) is 12.8 Å². The van der Waals surface area contributed by atoms with Crippen LogP contribution in [-0.4, -0.2) is 23.3 Å². The van der Waals surface area contributed by atoms with Gasteiger partial charge in [0.2, 0.25) is 0 Å². The largest absolute Gasteiger partial charge is 0.481 e. The molecular weight excluding hydrogens is 247 g/mol. The maximum atomic E-state index is 12.8. The predicted molar refractivity (Wildman–Crippen MR) is 59.5 cm³/mol. The molecule has 0 saturated carbocycles. The van der Waals surface area contributed by atoms with Crippen molar-refractivity contribution in [2.24, 2.45) is 5.92 Å². The third kappa shape index (κ3) is 2.14. The fourth-order valence-electron chi connectivity index (χ4n) is 2.25. The normalized spacial score (nSPS) is 23.1. The molecule has 0 bridgehead atoms. The van der Waals surface area contributed by atoms with Crippen molar-refractivity contribution in [3.63, 3.8) is 0 Å². The Balaban J connectivity index is 2.44. The molecule has 2 N–H and O–H groups in total. The fourth-order valence-corrected chi connectivity index (χ4v) is 2.25. The summed E-state index contributed by atoms with van der Waals surface area (Å²) in [6, 6.07) is 2.91. The van der Waals surface area contributed by atoms with Crippen LogP contribution in [-0.2, 0) is 11.2 Å². The van der Waals surface area contributed by atoms with Crippen LogP contribution in [0.25, 0.3) is 0 Å². The van der Waals surface area contributed by atoms with Gasteiger partial charge in [-0.3, -0.25) is 4.79 Å². The lowest BCUT2D eigenvalue weighted by molar-refractivity contribution is -0.169. The third-order valence-corrected chi connectivity index (χ3v) is 3.22. The van der Waals surface area contributed by atoms with E-state index in [-0.39, 0.29) is 6.42 Å². The van der Waals surface area contributed by atoms with Gasteiger partial charge in [-0.25, -0.2) is 0 Å². The Morgan fingerprint density at radius 2 is 2.11 bits per heavy atom. The minimum Gasteiger partial charge on any atom is -0.481 e. The molecule has 1 heterocycles. The van der Waals surface area contributed by atoms with Crippen LogP contribution in [0.4, 0.5) is 18.9 Å². The van der Waals surface area contributed by atoms with E-state index in [4.69, 9.17) is 5.11 Å². The Bertz CT molecular complexity index is 485. The average molecular weight is 259 g/mol. The number of anilines is 1. The molecule has 1 aromatic carbocycles. The van der Waals surface area contributed by atoms with Crippen LogP contribution in [0.15, 0.2) is 18.2 Å². The molecule has 1 aliphatic heterocycles. The monoisotopic (exact) mass is 259 g/mol. The second-order valence-electron chi connectivity index (χ2n) is 4.41. The van der Waals surface area contributed by atoms with Gasteiger partial charge in [-0.1, -0.05) is 12.1 Å². The summed E-state index contributed by atoms with van der Waals surface area (Å²) < 4.78 is 38.5. The number of fused-ring (bicyclic) bond motifs is 1. The number of hydrogen-bond acceptors (Lipinski definition) is 2. The summed E-state index contributed by atoms with van der Waals surface area (Å²) in [5, 5.41) is 11.3. The molecule has 0 spiro atoms. The lowest BCUT2D eigenvalue weighted by atomic mass is 9.85. The number of halogens is 3. The summed E-state index contributed by atoms with van der Waals surface area (Å²) in [5.74, 6) is -2.92. The maximum Gasteiger partial charge on any atom is 0.409 e. The highest BCUT2D eigenvalue weighted by Gasteiger charge is 2.50. The van der Waals surface area contributed by atoms with Crippen molar-refractivity contribution in [1.82, 2.24) is 0 Å². The smallest absolute Gasteiger partial charge is 0.409 e. The molecule has 3 nitrogen and oxygen atoms in total. The number of benzene rings is 1. The van der Waals surface area contributed by atoms with E-state index >= 15 is 0 Å². The van der Waals surface area contributed by atoms with Gasteiger partial charge in [0.25, 0.3) is 0 Å². The van der Waals surface area contributed by atoms with Gasteiger partial charge in [0.05, 0.1) is 5.92 Å². The van der Waals surface area contributed by atoms with E-state index in [1.54, 1.807) is 25.1 Å². The van der Waals surface area contributed by atoms with Gasteiger partial charge in [-0.15, -0.1) is 0 Å². The molecule has 98 valence electrons. The summed E-state index contributed by atoms with van der Waals surface area (Å²) in [6.45, 7) is 1.76. The number of carboxylic acids is 1. The number of aliphatic carboxylic acids is 1. The second-order valence-corrected chi connectivity index (χ2v) is 4.41. The third-order valence-electron chi connectivity index (χ3n) is 3.22. The molecule has 6 heteroatoms. The van der Waals surface area contributed by atoms with E-state index in [1.165, 1.54) is 0 Å². The Kier molecular flexibility index (Phi) is 2.96. The van der Waals surface area contributed by atoms with E-state index in [9.17, 15) is 18.0 Å². The molecule has 0 aromatic heterocycles. The topological polar surface area (TPSA) is 49.3 Å². The van der Waals surface area contributed by atoms with E-state index in [0.717, 1.165) is 5.56 Å². The Hall–Kier alpha value is -1.72. The number of aryl methyl sites for hydroxylation is 1. The van der Waals surface area contributed by atoms with E-state index in [0.29, 0.717) is 11.3 Å². The molecule has 1 aliphatic rings. The standard InChI is InChI=1S/C12H12F3NO2/c1-6-3-2-4-9-7(6)5-8(11(17)18)10(16-9)12(13,14)15/h2-4,8,10,16H,5H2,1H3,(H,17,18). The number of carbonyl (C=O) groups is 1. The first-order chi connectivity index (χ1) is 8.30. The van der Waals surface area contributed by atoms with E-state index in [1.807, 2.05) is 0 Å². The maximum absolute atomic E-state index is 12.8. The molecule has 0 aliphatic carbocycles. The van der Waals surface area contributed by atoms with Crippen LogP contribution < -0.4 is 5.32 Å². The van der Waals surface area contributed by atoms with Gasteiger partial charge >= 0.3 is 12.1 Å². The van der Waals surface area contributed by atoms with Crippen molar-refractivity contribution >= 4 is 11.7 Å². The van der Waals surface area contributed by atoms with E-state index in [2.05, 4.69) is 5.32 Å². The number of carboxylic acid groups (broad SMARTS) is 1. The Morgan fingerprint density at radius 3 is 2.67 bits per heavy atom. The van der Waals surface area contributed by atoms with Gasteiger partial charge in [0.1, 0.15) is 6.04 Å². The van der Waals surface area contributed by atoms with Crippen molar-refractivity contribution in [3.8, 4) is 0 Å². The highest BCUT2D eigenvalue weighted by molar-refractivity contribution is 5.75.